The van der Waals surface area contributed by atoms with Crippen molar-refractivity contribution in [3.05, 3.63) is 114 Å². The minimum atomic E-state index is -0.616. The van der Waals surface area contributed by atoms with Crippen molar-refractivity contribution >= 4 is 89.5 Å². The van der Waals surface area contributed by atoms with E-state index in [-0.39, 0.29) is 38.8 Å². The van der Waals surface area contributed by atoms with Crippen LogP contribution in [0.15, 0.2) is 91.0 Å². The second-order valence-electron chi connectivity index (χ2n) is 13.3. The lowest BCUT2D eigenvalue weighted by atomic mass is 10.0. The lowest BCUT2D eigenvalue weighted by Crippen LogP contribution is -2.01. The number of rotatable bonds is 5. The number of aromatic amines is 1. The average Bonchev–Trinajstić information content (AvgIpc) is 3.93. The molecule has 0 fully saturated rings. The Balaban J connectivity index is 1.57. The molecule has 1 aliphatic heterocycles. The second kappa shape index (κ2) is 13.5. The van der Waals surface area contributed by atoms with Crippen LogP contribution in [-0.4, -0.2) is 70.5 Å². The number of nitrogens with one attached hydrogen (secondary N) is 1. The summed E-state index contributed by atoms with van der Waals surface area (Å²) >= 11 is 0. The van der Waals surface area contributed by atoms with E-state index >= 15 is 0 Å². The van der Waals surface area contributed by atoms with Gasteiger partial charge >= 0.3 is 11.9 Å². The molecular formula is C45H32N4O8. The third kappa shape index (κ3) is 5.57. The van der Waals surface area contributed by atoms with Crippen LogP contribution in [0.1, 0.15) is 32.1 Å². The minimum Gasteiger partial charge on any atom is -0.507 e. The Morgan fingerprint density at radius 2 is 1.05 bits per heavy atom. The molecule has 9 rings (SSSR count). The number of aromatic hydroxyl groups is 2. The van der Waals surface area contributed by atoms with Crippen LogP contribution in [0.2, 0.25) is 0 Å². The Hall–Kier alpha value is -7.73. The number of pyridine rings is 2. The van der Waals surface area contributed by atoms with Crippen molar-refractivity contribution in [2.75, 3.05) is 28.4 Å². The highest BCUT2D eigenvalue weighted by atomic mass is 16.5. The first-order valence-electron chi connectivity index (χ1n) is 17.8. The first-order chi connectivity index (χ1) is 27.7. The van der Waals surface area contributed by atoms with E-state index in [1.165, 1.54) is 40.6 Å². The van der Waals surface area contributed by atoms with Crippen LogP contribution in [-0.2, 0) is 9.47 Å². The molecule has 280 valence electrons. The Morgan fingerprint density at radius 1 is 0.544 bits per heavy atom. The van der Waals surface area contributed by atoms with Crippen LogP contribution in [0.5, 0.6) is 23.0 Å². The number of H-pyrrole nitrogens is 1. The number of hydrogen-bond acceptors (Lipinski definition) is 11. The van der Waals surface area contributed by atoms with Crippen LogP contribution in [0, 0.1) is 0 Å². The highest BCUT2D eigenvalue weighted by Gasteiger charge is 2.22. The molecular weight excluding hydrogens is 725 g/mol. The normalized spacial score (nSPS) is 11.7. The smallest absolute Gasteiger partial charge is 0.337 e. The number of aromatic nitrogens is 4. The molecule has 0 atom stereocenters. The van der Waals surface area contributed by atoms with E-state index in [1.54, 1.807) is 42.5 Å². The van der Waals surface area contributed by atoms with Crippen molar-refractivity contribution in [1.29, 1.82) is 0 Å². The van der Waals surface area contributed by atoms with E-state index in [9.17, 15) is 19.8 Å². The molecule has 4 aromatic carbocycles. The van der Waals surface area contributed by atoms with Gasteiger partial charge in [-0.2, -0.15) is 0 Å². The fourth-order valence-electron chi connectivity index (χ4n) is 7.52. The van der Waals surface area contributed by atoms with Gasteiger partial charge in [0.15, 0.2) is 11.5 Å². The van der Waals surface area contributed by atoms with Crippen molar-refractivity contribution in [2.45, 2.75) is 0 Å². The Kier molecular flexibility index (Phi) is 8.31. The zero-order valence-corrected chi connectivity index (χ0v) is 31.0. The molecule has 12 heteroatoms. The predicted octanol–water partition coefficient (Wildman–Crippen LogP) is 8.96. The Bertz CT molecular complexity index is 3190. The van der Waals surface area contributed by atoms with Gasteiger partial charge in [0, 0.05) is 48.9 Å². The predicted molar refractivity (Wildman–Crippen MR) is 219 cm³/mol. The monoisotopic (exact) mass is 756 g/mol. The van der Waals surface area contributed by atoms with Crippen molar-refractivity contribution in [3.8, 4) is 34.1 Å². The van der Waals surface area contributed by atoms with Crippen LogP contribution >= 0.6 is 0 Å². The van der Waals surface area contributed by atoms with Gasteiger partial charge in [-0.25, -0.2) is 24.5 Å². The summed E-state index contributed by atoms with van der Waals surface area (Å²) in [5.41, 5.74) is 5.41. The van der Waals surface area contributed by atoms with Crippen molar-refractivity contribution in [2.24, 2.45) is 0 Å². The maximum absolute atomic E-state index is 13.1. The van der Waals surface area contributed by atoms with E-state index in [0.717, 1.165) is 11.1 Å². The SMILES string of the molecule is COC(=O)c1cc2c3nc(c(-c4ccccc4)c4ccc([nH]4)c4cc(C(=O)OC)cc(c4O)c4ccc5c(OC)c(OC)c6ccc(nc6c5n4)c(c1)c2O)C=C3. The lowest BCUT2D eigenvalue weighted by Gasteiger charge is -2.15. The van der Waals surface area contributed by atoms with Crippen molar-refractivity contribution in [1.82, 2.24) is 19.9 Å². The van der Waals surface area contributed by atoms with E-state index < -0.39 is 11.9 Å². The Labute approximate surface area is 323 Å². The Morgan fingerprint density at radius 3 is 1.61 bits per heavy atom. The second-order valence-corrected chi connectivity index (χ2v) is 13.3. The first-order valence-corrected chi connectivity index (χ1v) is 17.8. The summed E-state index contributed by atoms with van der Waals surface area (Å²) in [6.07, 6.45) is 3.60. The van der Waals surface area contributed by atoms with Gasteiger partial charge in [-0.05, 0) is 78.4 Å². The molecule has 3 N–H and O–H groups in total. The number of nitrogens with zero attached hydrogens (tertiary/aromatic N) is 3. The number of ether oxygens (including phenoxy) is 4. The van der Waals surface area contributed by atoms with Gasteiger partial charge in [-0.1, -0.05) is 30.3 Å². The number of carbonyl (C=O) groups excluding carboxylic acids is 2. The number of benzene rings is 4. The first kappa shape index (κ1) is 35.0. The fourth-order valence-corrected chi connectivity index (χ4v) is 7.52. The molecule has 12 bridgehead atoms. The van der Waals surface area contributed by atoms with Crippen LogP contribution in [0.4, 0.5) is 0 Å². The van der Waals surface area contributed by atoms with Gasteiger partial charge < -0.3 is 34.1 Å². The summed E-state index contributed by atoms with van der Waals surface area (Å²) in [4.78, 5) is 44.8. The number of methoxy groups -OCH3 is 4. The molecule has 0 unspecified atom stereocenters. The largest absolute Gasteiger partial charge is 0.507 e. The van der Waals surface area contributed by atoms with Gasteiger partial charge in [-0.3, -0.25) is 0 Å². The van der Waals surface area contributed by atoms with E-state index in [2.05, 4.69) is 4.98 Å². The maximum atomic E-state index is 13.1. The van der Waals surface area contributed by atoms with Crippen LogP contribution in [0.3, 0.4) is 0 Å². The lowest BCUT2D eigenvalue weighted by molar-refractivity contribution is 0.0592. The van der Waals surface area contributed by atoms with Gasteiger partial charge in [0.2, 0.25) is 0 Å². The molecule has 1 aliphatic rings. The van der Waals surface area contributed by atoms with Crippen LogP contribution in [0.25, 0.3) is 88.7 Å². The minimum absolute atomic E-state index is 0.134. The van der Waals surface area contributed by atoms with Gasteiger partial charge in [-0.15, -0.1) is 0 Å². The number of phenols is 2. The topological polar surface area (TPSA) is 166 Å². The van der Waals surface area contributed by atoms with Crippen LogP contribution < -0.4 is 9.47 Å². The summed E-state index contributed by atoms with van der Waals surface area (Å²) in [6.45, 7) is 0. The summed E-state index contributed by atoms with van der Waals surface area (Å²) in [5.74, 6) is -0.708. The molecule has 12 nitrogen and oxygen atoms in total. The average molecular weight is 757 g/mol. The highest BCUT2D eigenvalue weighted by molar-refractivity contribution is 6.14. The molecule has 0 spiro atoms. The standard InChI is InChI=1S/C45H32N4O8/c1-54-42-25-10-12-33-29-20-23(44(52)56-3)18-27(40(29)50)31-14-16-35(46-31)37(22-8-6-5-7-9-22)36-17-15-32(47-36)28-19-24(45(53)57-4)21-30(41(28)51)34-13-11-26(43(42)55-2)39(49-34)38(25)48-33/h5-21,46,50-51H,1-4H3. The van der Waals surface area contributed by atoms with Gasteiger partial charge in [0.25, 0.3) is 0 Å². The summed E-state index contributed by atoms with van der Waals surface area (Å²) < 4.78 is 22.0. The molecule has 0 radical (unpaired) electrons. The maximum Gasteiger partial charge on any atom is 0.337 e. The fraction of sp³-hybridized carbons (Fsp3) is 0.0889. The third-order valence-corrected chi connectivity index (χ3v) is 10.2. The molecule has 5 heterocycles. The van der Waals surface area contributed by atoms with Crippen molar-refractivity contribution < 1.29 is 38.7 Å². The summed E-state index contributed by atoms with van der Waals surface area (Å²) in [7, 11) is 5.63. The zero-order chi connectivity index (χ0) is 39.5. The van der Waals surface area contributed by atoms with Crippen molar-refractivity contribution in [3.63, 3.8) is 0 Å². The number of carbonyl (C=O) groups is 2. The quantitative estimate of drug-likeness (QED) is 0.113. The summed E-state index contributed by atoms with van der Waals surface area (Å²) in [6, 6.07) is 26.4. The number of esters is 2. The molecule has 8 aromatic rings. The number of hydrogen-bond donors (Lipinski definition) is 3. The van der Waals surface area contributed by atoms with E-state index in [0.29, 0.717) is 72.1 Å². The molecule has 4 aromatic heterocycles. The number of fused-ring (bicyclic) bond motifs is 14. The van der Waals surface area contributed by atoms with Gasteiger partial charge in [0.05, 0.1) is 62.0 Å². The van der Waals surface area contributed by atoms with E-state index in [1.807, 2.05) is 48.5 Å². The van der Waals surface area contributed by atoms with E-state index in [4.69, 9.17) is 33.9 Å². The molecule has 57 heavy (non-hydrogen) atoms. The molecule has 0 amide bonds. The third-order valence-electron chi connectivity index (χ3n) is 10.2. The molecule has 0 aliphatic carbocycles. The zero-order valence-electron chi connectivity index (χ0n) is 31.0. The highest BCUT2D eigenvalue weighted by Crippen LogP contribution is 2.44. The number of phenolic OH excluding ortho intramolecular Hbond substituents is 2. The molecule has 0 saturated heterocycles. The molecule has 0 saturated carbocycles. The summed E-state index contributed by atoms with van der Waals surface area (Å²) in [5, 5.41) is 26.3. The van der Waals surface area contributed by atoms with Gasteiger partial charge in [0.1, 0.15) is 22.5 Å².